The molecule has 2 saturated heterocycles. The molecule has 0 spiro atoms. The molecule has 14 nitrogen and oxygen atoms in total. The smallest absolute Gasteiger partial charge is 0.324 e. The monoisotopic (exact) mass is 932 g/mol. The SMILES string of the molecule is C=CC(=O)N1C[C@@H](C(=O)N(C)[C@H](C(=O)N[C@H]2Cc3cccc(c3)-c3ccc4c(c3)c(c(/C(C=C)=C(/N=CC)[C@H](C)OC)n4CC)CC(C)(C)COC(=O)[C@@H]3CCCN(N3)C2=O)C(C)C)C(C)(C)C1. The summed E-state index contributed by atoms with van der Waals surface area (Å²) in [7, 11) is 3.29. The van der Waals surface area contributed by atoms with Gasteiger partial charge in [0.2, 0.25) is 17.7 Å². The Morgan fingerprint density at radius 1 is 1.06 bits per heavy atom. The Kier molecular flexibility index (Phi) is 16.1. The molecule has 366 valence electrons. The summed E-state index contributed by atoms with van der Waals surface area (Å²) >= 11 is 0. The zero-order chi connectivity index (χ0) is 49.8. The van der Waals surface area contributed by atoms with Crippen LogP contribution in [0.4, 0.5) is 0 Å². The first kappa shape index (κ1) is 51.5. The first-order chi connectivity index (χ1) is 32.2. The number of benzene rings is 2. The highest BCUT2D eigenvalue weighted by atomic mass is 16.5. The van der Waals surface area contributed by atoms with Crippen molar-refractivity contribution in [3.05, 3.63) is 90.3 Å². The number of aliphatic imine (C=N–C) groups is 1. The van der Waals surface area contributed by atoms with E-state index in [2.05, 4.69) is 73.5 Å². The number of allylic oxidation sites excluding steroid dienone is 2. The summed E-state index contributed by atoms with van der Waals surface area (Å²) in [5, 5.41) is 5.55. The lowest BCUT2D eigenvalue weighted by Crippen LogP contribution is -2.62. The molecule has 3 aromatic rings. The van der Waals surface area contributed by atoms with Crippen molar-refractivity contribution in [1.82, 2.24) is 30.1 Å². The van der Waals surface area contributed by atoms with Crippen molar-refractivity contribution >= 4 is 52.3 Å². The molecule has 0 unspecified atom stereocenters. The van der Waals surface area contributed by atoms with E-state index in [1.165, 1.54) is 16.0 Å². The van der Waals surface area contributed by atoms with E-state index < -0.39 is 52.7 Å². The fourth-order valence-corrected chi connectivity index (χ4v) is 10.3. The molecule has 5 atom stereocenters. The van der Waals surface area contributed by atoms with Crippen LogP contribution in [0.5, 0.6) is 0 Å². The van der Waals surface area contributed by atoms with Crippen molar-refractivity contribution in [2.75, 3.05) is 40.4 Å². The summed E-state index contributed by atoms with van der Waals surface area (Å²) in [5.41, 5.74) is 9.47. The number of nitrogens with zero attached hydrogens (tertiary/aromatic N) is 5. The second-order valence-electron chi connectivity index (χ2n) is 20.4. The van der Waals surface area contributed by atoms with Gasteiger partial charge in [-0.25, -0.2) is 5.43 Å². The highest BCUT2D eigenvalue weighted by molar-refractivity contribution is 5.96. The van der Waals surface area contributed by atoms with Gasteiger partial charge >= 0.3 is 5.97 Å². The molecular weight excluding hydrogens is 859 g/mol. The van der Waals surface area contributed by atoms with E-state index in [1.807, 2.05) is 65.8 Å². The minimum absolute atomic E-state index is 0.113. The van der Waals surface area contributed by atoms with Crippen LogP contribution in [0.1, 0.15) is 92.0 Å². The number of amides is 4. The number of hydrogen-bond donors (Lipinski definition) is 2. The molecule has 4 amide bonds. The summed E-state index contributed by atoms with van der Waals surface area (Å²) in [5.74, 6) is -2.74. The van der Waals surface area contributed by atoms with Gasteiger partial charge in [-0.2, -0.15) is 0 Å². The number of rotatable bonds is 12. The molecule has 3 aliphatic rings. The van der Waals surface area contributed by atoms with E-state index in [9.17, 15) is 24.0 Å². The van der Waals surface area contributed by atoms with E-state index >= 15 is 0 Å². The number of nitrogens with one attached hydrogen (secondary N) is 2. The van der Waals surface area contributed by atoms with Gasteiger partial charge in [0.1, 0.15) is 18.1 Å². The molecule has 4 heterocycles. The van der Waals surface area contributed by atoms with Crippen LogP contribution in [0, 0.1) is 22.7 Å². The fourth-order valence-electron chi connectivity index (χ4n) is 10.3. The molecule has 0 aliphatic carbocycles. The minimum atomic E-state index is -1.07. The Hall–Kier alpha value is -5.86. The highest BCUT2D eigenvalue weighted by Crippen LogP contribution is 2.41. The highest BCUT2D eigenvalue weighted by Gasteiger charge is 2.48. The van der Waals surface area contributed by atoms with Gasteiger partial charge in [-0.3, -0.25) is 34.0 Å². The largest absolute Gasteiger partial charge is 0.464 e. The van der Waals surface area contributed by atoms with E-state index in [4.69, 9.17) is 14.5 Å². The number of esters is 1. The quantitative estimate of drug-likeness (QED) is 0.0841. The van der Waals surface area contributed by atoms with Gasteiger partial charge in [-0.15, -0.1) is 0 Å². The first-order valence-corrected chi connectivity index (χ1v) is 24.1. The number of methoxy groups -OCH3 is 1. The Balaban J connectivity index is 1.45. The van der Waals surface area contributed by atoms with Gasteiger partial charge in [0.25, 0.3) is 5.91 Å². The number of aryl methyl sites for hydroxylation is 1. The number of hydrogen-bond acceptors (Lipinski definition) is 9. The lowest BCUT2D eigenvalue weighted by Gasteiger charge is -2.37. The lowest BCUT2D eigenvalue weighted by atomic mass is 9.80. The van der Waals surface area contributed by atoms with E-state index in [0.717, 1.165) is 50.1 Å². The maximum absolute atomic E-state index is 14.8. The summed E-state index contributed by atoms with van der Waals surface area (Å²) in [6.45, 7) is 27.4. The van der Waals surface area contributed by atoms with Crippen molar-refractivity contribution in [2.45, 2.75) is 119 Å². The molecule has 6 rings (SSSR count). The normalized spacial score (nSPS) is 22.0. The fraction of sp³-hybridized carbons (Fsp3) is 0.519. The van der Waals surface area contributed by atoms with Crippen LogP contribution < -0.4 is 10.7 Å². The van der Waals surface area contributed by atoms with Gasteiger partial charge in [0.15, 0.2) is 0 Å². The summed E-state index contributed by atoms with van der Waals surface area (Å²) in [6.07, 6.45) is 6.22. The second-order valence-corrected chi connectivity index (χ2v) is 20.4. The maximum atomic E-state index is 14.8. The molecule has 1 aromatic heterocycles. The number of carbonyl (C=O) groups is 5. The van der Waals surface area contributed by atoms with Gasteiger partial charge in [-0.1, -0.05) is 91.1 Å². The van der Waals surface area contributed by atoms with Crippen LogP contribution >= 0.6 is 0 Å². The van der Waals surface area contributed by atoms with Crippen molar-refractivity contribution < 1.29 is 33.4 Å². The van der Waals surface area contributed by atoms with Crippen LogP contribution in [0.15, 0.2) is 78.5 Å². The Morgan fingerprint density at radius 2 is 1.78 bits per heavy atom. The van der Waals surface area contributed by atoms with Crippen molar-refractivity contribution in [1.29, 1.82) is 0 Å². The van der Waals surface area contributed by atoms with Gasteiger partial charge in [0.05, 0.1) is 30.0 Å². The summed E-state index contributed by atoms with van der Waals surface area (Å²) < 4.78 is 14.3. The second kappa shape index (κ2) is 21.2. The minimum Gasteiger partial charge on any atom is -0.464 e. The van der Waals surface area contributed by atoms with Crippen LogP contribution in [-0.2, 0) is 52.8 Å². The molecule has 0 saturated carbocycles. The van der Waals surface area contributed by atoms with Crippen LogP contribution in [0.3, 0.4) is 0 Å². The Labute approximate surface area is 402 Å². The van der Waals surface area contributed by atoms with Crippen LogP contribution in [0.2, 0.25) is 0 Å². The first-order valence-electron chi connectivity index (χ1n) is 24.1. The zero-order valence-corrected chi connectivity index (χ0v) is 42.1. The molecule has 68 heavy (non-hydrogen) atoms. The number of carbonyl (C=O) groups excluding carboxylic acids is 5. The number of hydrazine groups is 1. The van der Waals surface area contributed by atoms with Crippen molar-refractivity contribution in [2.24, 2.45) is 27.7 Å². The Morgan fingerprint density at radius 3 is 2.43 bits per heavy atom. The molecule has 2 fully saturated rings. The topological polar surface area (TPSA) is 155 Å². The zero-order valence-electron chi connectivity index (χ0n) is 42.1. The third-order valence-electron chi connectivity index (χ3n) is 13.9. The van der Waals surface area contributed by atoms with E-state index in [1.54, 1.807) is 25.3 Å². The van der Waals surface area contributed by atoms with Gasteiger partial charge in [0, 0.05) is 74.9 Å². The lowest BCUT2D eigenvalue weighted by molar-refractivity contribution is -0.155. The molecule has 14 heteroatoms. The van der Waals surface area contributed by atoms with E-state index in [-0.39, 0.29) is 43.4 Å². The average Bonchev–Trinajstić information content (AvgIpc) is 3.80. The Bertz CT molecular complexity index is 2500. The molecule has 3 aliphatic heterocycles. The summed E-state index contributed by atoms with van der Waals surface area (Å²) in [4.78, 5) is 78.3. The predicted molar refractivity (Wildman–Crippen MR) is 268 cm³/mol. The molecule has 2 N–H and O–H groups in total. The molecular formula is C54H73N7O7. The van der Waals surface area contributed by atoms with Gasteiger partial charge < -0.3 is 29.2 Å². The third kappa shape index (κ3) is 10.7. The average molecular weight is 932 g/mol. The maximum Gasteiger partial charge on any atom is 0.324 e. The number of ether oxygens (including phenoxy) is 2. The van der Waals surface area contributed by atoms with Crippen molar-refractivity contribution in [3.8, 4) is 11.1 Å². The van der Waals surface area contributed by atoms with Gasteiger partial charge in [-0.05, 0) is 91.8 Å². The van der Waals surface area contributed by atoms with Crippen LogP contribution in [0.25, 0.3) is 27.6 Å². The summed E-state index contributed by atoms with van der Waals surface area (Å²) in [6, 6.07) is 11.7. The standard InChI is InChI=1S/C54H73N7O7/c1-14-38(46(55-16-3)34(7)67-13)48-40-29-53(8,9)32-68-52(66)42-22-19-25-61(57-42)51(65)43(27-35-20-18-21-36(26-35)37-23-24-44(39(40)28-37)60(48)17-4)56-49(63)47(33(5)6)58(12)50(64)41-30-59(45(62)15-2)31-54(41,10)11/h14-16,18,20-21,23-24,26,28,33-34,41-43,47,57H,1-2,17,19,22,25,27,29-32H2,3-13H3,(H,56,63)/b46-38+,55-16?/t34-,41-,42-,43-,47-/m0/s1. The third-order valence-corrected chi connectivity index (χ3v) is 13.9. The predicted octanol–water partition coefficient (Wildman–Crippen LogP) is 7.15. The molecule has 2 aromatic carbocycles. The number of fused-ring (bicyclic) bond motifs is 6. The van der Waals surface area contributed by atoms with Crippen LogP contribution in [-0.4, -0.2) is 120 Å². The molecule has 6 bridgehead atoms. The number of aromatic nitrogens is 1. The number of likely N-dealkylation sites (N-methyl/N-ethyl adjacent to an activating group) is 1. The molecule has 0 radical (unpaired) electrons. The van der Waals surface area contributed by atoms with Crippen molar-refractivity contribution in [3.63, 3.8) is 0 Å². The number of cyclic esters (lactones) is 1. The number of likely N-dealkylation sites (tertiary alicyclic amines) is 1. The van der Waals surface area contributed by atoms with E-state index in [0.29, 0.717) is 38.9 Å².